The molecule has 2 aromatic carbocycles. The van der Waals surface area contributed by atoms with E-state index < -0.39 is 6.09 Å². The molecule has 3 rings (SSSR count). The van der Waals surface area contributed by atoms with Crippen LogP contribution in [0.1, 0.15) is 43.1 Å². The summed E-state index contributed by atoms with van der Waals surface area (Å²) < 4.78 is 22.1. The van der Waals surface area contributed by atoms with Gasteiger partial charge in [0.25, 0.3) is 5.91 Å². The standard InChI is InChI=1S/C30H42N4O7/c1-20(2)34(29(36)23-9-12-26(39-5)27(15-23)40-14-6-13-38-4)19-24-17-31-18-28(24)41-30(37)32-16-22-7-10-25(11-8-22)33-21(3)35/h7-12,15,20,24,28,31H,6,13-14,16-19H2,1-5H3,(H,32,37)(H,33,35)/t24-,28-/m1/s1. The summed E-state index contributed by atoms with van der Waals surface area (Å²) in [5.74, 6) is 0.698. The molecular weight excluding hydrogens is 528 g/mol. The average Bonchev–Trinajstić information content (AvgIpc) is 3.39. The smallest absolute Gasteiger partial charge is 0.407 e. The summed E-state index contributed by atoms with van der Waals surface area (Å²) in [6, 6.07) is 12.3. The zero-order chi connectivity index (χ0) is 29.8. The van der Waals surface area contributed by atoms with Crippen LogP contribution in [0, 0.1) is 5.92 Å². The van der Waals surface area contributed by atoms with Gasteiger partial charge >= 0.3 is 6.09 Å². The SMILES string of the molecule is COCCCOc1cc(C(=O)N(C[C@H]2CNC[C@H]2OC(=O)NCc2ccc(NC(C)=O)cc2)C(C)C)ccc1OC. The van der Waals surface area contributed by atoms with Gasteiger partial charge in [-0.3, -0.25) is 9.59 Å². The molecule has 0 bridgehead atoms. The Morgan fingerprint density at radius 1 is 1.02 bits per heavy atom. The molecule has 0 spiro atoms. The van der Waals surface area contributed by atoms with Crippen molar-refractivity contribution in [1.82, 2.24) is 15.5 Å². The molecule has 1 aliphatic rings. The number of carbonyl (C=O) groups excluding carboxylic acids is 3. The molecule has 1 aliphatic heterocycles. The normalized spacial score (nSPS) is 16.2. The lowest BCUT2D eigenvalue weighted by Gasteiger charge is -2.31. The summed E-state index contributed by atoms with van der Waals surface area (Å²) in [6.07, 6.45) is -0.200. The highest BCUT2D eigenvalue weighted by atomic mass is 16.6. The fourth-order valence-corrected chi connectivity index (χ4v) is 4.55. The van der Waals surface area contributed by atoms with Crippen molar-refractivity contribution in [2.75, 3.05) is 52.4 Å². The van der Waals surface area contributed by atoms with Crippen LogP contribution in [0.3, 0.4) is 0 Å². The summed E-state index contributed by atoms with van der Waals surface area (Å²) in [4.78, 5) is 39.2. The summed E-state index contributed by atoms with van der Waals surface area (Å²) in [7, 11) is 3.20. The number of methoxy groups -OCH3 is 2. The fourth-order valence-electron chi connectivity index (χ4n) is 4.55. The lowest BCUT2D eigenvalue weighted by Crippen LogP contribution is -2.44. The van der Waals surface area contributed by atoms with Gasteiger partial charge in [-0.15, -0.1) is 0 Å². The number of nitrogens with zero attached hydrogens (tertiary/aromatic N) is 1. The minimum absolute atomic E-state index is 0.0768. The number of anilines is 1. The van der Waals surface area contributed by atoms with E-state index in [9.17, 15) is 14.4 Å². The number of benzene rings is 2. The summed E-state index contributed by atoms with van der Waals surface area (Å²) >= 11 is 0. The van der Waals surface area contributed by atoms with E-state index in [0.717, 1.165) is 5.56 Å². The topological polar surface area (TPSA) is 127 Å². The van der Waals surface area contributed by atoms with Crippen molar-refractivity contribution in [1.29, 1.82) is 0 Å². The Labute approximate surface area is 241 Å². The van der Waals surface area contributed by atoms with Gasteiger partial charge in [0.2, 0.25) is 5.91 Å². The van der Waals surface area contributed by atoms with E-state index in [2.05, 4.69) is 16.0 Å². The third-order valence-corrected chi connectivity index (χ3v) is 6.72. The summed E-state index contributed by atoms with van der Waals surface area (Å²) in [5, 5.41) is 8.77. The molecule has 0 aliphatic carbocycles. The fraction of sp³-hybridized carbons (Fsp3) is 0.500. The zero-order valence-electron chi connectivity index (χ0n) is 24.5. The van der Waals surface area contributed by atoms with Crippen LogP contribution >= 0.6 is 0 Å². The third kappa shape index (κ3) is 9.65. The Morgan fingerprint density at radius 3 is 2.44 bits per heavy atom. The Hall–Kier alpha value is -3.83. The Kier molecular flexibility index (Phi) is 12.2. The Morgan fingerprint density at radius 2 is 1.78 bits per heavy atom. The van der Waals surface area contributed by atoms with Crippen molar-refractivity contribution in [3.63, 3.8) is 0 Å². The highest BCUT2D eigenvalue weighted by molar-refractivity contribution is 5.95. The van der Waals surface area contributed by atoms with Crippen LogP contribution < -0.4 is 25.4 Å². The molecule has 1 saturated heterocycles. The molecule has 1 heterocycles. The van der Waals surface area contributed by atoms with Gasteiger partial charge in [0, 0.05) is 76.5 Å². The third-order valence-electron chi connectivity index (χ3n) is 6.72. The molecule has 224 valence electrons. The predicted molar refractivity (Wildman–Crippen MR) is 155 cm³/mol. The number of ether oxygens (including phenoxy) is 4. The van der Waals surface area contributed by atoms with E-state index in [4.69, 9.17) is 18.9 Å². The van der Waals surface area contributed by atoms with Crippen LogP contribution in [0.15, 0.2) is 42.5 Å². The highest BCUT2D eigenvalue weighted by Gasteiger charge is 2.34. The number of amides is 3. The lowest BCUT2D eigenvalue weighted by molar-refractivity contribution is -0.114. The van der Waals surface area contributed by atoms with Crippen molar-refractivity contribution in [2.24, 2.45) is 5.92 Å². The quantitative estimate of drug-likeness (QED) is 0.295. The van der Waals surface area contributed by atoms with E-state index in [1.165, 1.54) is 6.92 Å². The van der Waals surface area contributed by atoms with Gasteiger partial charge in [0.1, 0.15) is 6.10 Å². The minimum Gasteiger partial charge on any atom is -0.493 e. The van der Waals surface area contributed by atoms with Gasteiger partial charge in [-0.25, -0.2) is 4.79 Å². The van der Waals surface area contributed by atoms with Crippen molar-refractivity contribution in [3.05, 3.63) is 53.6 Å². The average molecular weight is 571 g/mol. The van der Waals surface area contributed by atoms with Crippen LogP contribution in [0.5, 0.6) is 11.5 Å². The van der Waals surface area contributed by atoms with Crippen molar-refractivity contribution < 1.29 is 33.3 Å². The van der Waals surface area contributed by atoms with Gasteiger partial charge in [0.15, 0.2) is 11.5 Å². The number of alkyl carbamates (subject to hydrolysis) is 1. The molecule has 11 nitrogen and oxygen atoms in total. The highest BCUT2D eigenvalue weighted by Crippen LogP contribution is 2.29. The number of carbonyl (C=O) groups is 3. The van der Waals surface area contributed by atoms with Crippen LogP contribution in [0.4, 0.5) is 10.5 Å². The maximum atomic E-state index is 13.6. The van der Waals surface area contributed by atoms with Gasteiger partial charge in [-0.05, 0) is 49.7 Å². The second-order valence-corrected chi connectivity index (χ2v) is 10.2. The first-order valence-corrected chi connectivity index (χ1v) is 13.8. The van der Waals surface area contributed by atoms with E-state index >= 15 is 0 Å². The first-order chi connectivity index (χ1) is 19.7. The van der Waals surface area contributed by atoms with Crippen molar-refractivity contribution in [3.8, 4) is 11.5 Å². The van der Waals surface area contributed by atoms with E-state index in [-0.39, 0.29) is 36.4 Å². The van der Waals surface area contributed by atoms with Crippen molar-refractivity contribution >= 4 is 23.6 Å². The van der Waals surface area contributed by atoms with Gasteiger partial charge in [-0.2, -0.15) is 0 Å². The monoisotopic (exact) mass is 570 g/mol. The molecule has 0 saturated carbocycles. The molecule has 41 heavy (non-hydrogen) atoms. The molecule has 3 N–H and O–H groups in total. The van der Waals surface area contributed by atoms with E-state index in [0.29, 0.717) is 62.0 Å². The summed E-state index contributed by atoms with van der Waals surface area (Å²) in [6.45, 7) is 8.22. The number of rotatable bonds is 14. The Balaban J connectivity index is 1.59. The van der Waals surface area contributed by atoms with Crippen LogP contribution in [-0.4, -0.2) is 82.0 Å². The molecular formula is C30H42N4O7. The van der Waals surface area contributed by atoms with Crippen molar-refractivity contribution in [2.45, 2.75) is 45.9 Å². The van der Waals surface area contributed by atoms with E-state index in [1.54, 1.807) is 49.5 Å². The molecule has 1 fully saturated rings. The minimum atomic E-state index is -0.525. The Bertz CT molecular complexity index is 1160. The van der Waals surface area contributed by atoms with E-state index in [1.807, 2.05) is 26.0 Å². The number of hydrogen-bond acceptors (Lipinski definition) is 8. The molecule has 2 atom stereocenters. The first-order valence-electron chi connectivity index (χ1n) is 13.8. The van der Waals surface area contributed by atoms with Gasteiger partial charge in [-0.1, -0.05) is 12.1 Å². The lowest BCUT2D eigenvalue weighted by atomic mass is 10.0. The maximum Gasteiger partial charge on any atom is 0.407 e. The van der Waals surface area contributed by atoms with Crippen LogP contribution in [-0.2, 0) is 20.8 Å². The first kappa shape index (κ1) is 31.7. The number of hydrogen-bond donors (Lipinski definition) is 3. The second kappa shape index (κ2) is 15.8. The van der Waals surface area contributed by atoms with Gasteiger partial charge < -0.3 is 39.8 Å². The predicted octanol–water partition coefficient (Wildman–Crippen LogP) is 3.43. The number of nitrogens with one attached hydrogen (secondary N) is 3. The molecule has 0 radical (unpaired) electrons. The van der Waals surface area contributed by atoms with Crippen LogP contribution in [0.25, 0.3) is 0 Å². The largest absolute Gasteiger partial charge is 0.493 e. The second-order valence-electron chi connectivity index (χ2n) is 10.2. The maximum absolute atomic E-state index is 13.6. The molecule has 2 aromatic rings. The summed E-state index contributed by atoms with van der Waals surface area (Å²) in [5.41, 5.74) is 2.05. The molecule has 0 unspecified atom stereocenters. The molecule has 0 aromatic heterocycles. The van der Waals surface area contributed by atoms with Gasteiger partial charge in [0.05, 0.1) is 13.7 Å². The zero-order valence-corrected chi connectivity index (χ0v) is 24.5. The molecule has 3 amide bonds. The molecule has 11 heteroatoms. The van der Waals surface area contributed by atoms with Crippen LogP contribution in [0.2, 0.25) is 0 Å².